The second-order valence-corrected chi connectivity index (χ2v) is 9.36. The largest absolute Gasteiger partial charge is 0.352 e. The van der Waals surface area contributed by atoms with Crippen LogP contribution in [0.15, 0.2) is 53.5 Å². The molecule has 0 amide bonds. The number of sulfonamides is 1. The minimum atomic E-state index is -3.32. The Morgan fingerprint density at radius 1 is 1.10 bits per heavy atom. The minimum Gasteiger partial charge on any atom is -0.352 e. The van der Waals surface area contributed by atoms with Gasteiger partial charge in [0.05, 0.1) is 5.75 Å². The van der Waals surface area contributed by atoms with E-state index < -0.39 is 10.0 Å². The summed E-state index contributed by atoms with van der Waals surface area (Å²) >= 11 is 6.24. The highest BCUT2D eigenvalue weighted by molar-refractivity contribution is 7.88. The maximum Gasteiger partial charge on any atom is 0.216 e. The molecule has 8 heteroatoms. The van der Waals surface area contributed by atoms with Crippen LogP contribution in [0.4, 0.5) is 0 Å². The summed E-state index contributed by atoms with van der Waals surface area (Å²) in [6.45, 7) is 4.83. The molecule has 2 N–H and O–H groups in total. The van der Waals surface area contributed by atoms with Gasteiger partial charge >= 0.3 is 0 Å². The number of guanidine groups is 1. The summed E-state index contributed by atoms with van der Waals surface area (Å²) in [5, 5.41) is 4.05. The first-order chi connectivity index (χ1) is 13.7. The number of hydrogen-bond donors (Lipinski definition) is 2. The van der Waals surface area contributed by atoms with Crippen LogP contribution in [0.2, 0.25) is 5.02 Å². The second kappa shape index (κ2) is 10.6. The molecule has 6 nitrogen and oxygen atoms in total. The highest BCUT2D eigenvalue weighted by atomic mass is 35.5. The van der Waals surface area contributed by atoms with Crippen molar-refractivity contribution in [3.05, 3.63) is 70.2 Å². The second-order valence-electron chi connectivity index (χ2n) is 7.20. The van der Waals surface area contributed by atoms with E-state index in [4.69, 9.17) is 11.6 Å². The Hall–Kier alpha value is -2.09. The molecular formula is C21H29ClN4O2S. The molecule has 0 aliphatic rings. The lowest BCUT2D eigenvalue weighted by Crippen LogP contribution is -2.38. The van der Waals surface area contributed by atoms with Crippen LogP contribution in [0, 0.1) is 0 Å². The number of hydrogen-bond acceptors (Lipinski definition) is 3. The number of nitrogens with zero attached hydrogens (tertiary/aromatic N) is 2. The average molecular weight is 437 g/mol. The fraction of sp³-hybridized carbons (Fsp3) is 0.381. The van der Waals surface area contributed by atoms with Crippen LogP contribution in [0.5, 0.6) is 0 Å². The average Bonchev–Trinajstić information content (AvgIpc) is 2.64. The summed E-state index contributed by atoms with van der Waals surface area (Å²) in [5.41, 5.74) is 2.82. The van der Waals surface area contributed by atoms with E-state index in [9.17, 15) is 8.42 Å². The molecule has 0 fully saturated rings. The summed E-state index contributed by atoms with van der Waals surface area (Å²) in [4.78, 5) is 6.32. The van der Waals surface area contributed by atoms with E-state index in [2.05, 4.69) is 15.0 Å². The van der Waals surface area contributed by atoms with Crippen molar-refractivity contribution < 1.29 is 8.42 Å². The van der Waals surface area contributed by atoms with E-state index in [1.54, 1.807) is 7.05 Å². The van der Waals surface area contributed by atoms with Crippen molar-refractivity contribution in [2.24, 2.45) is 4.99 Å². The van der Waals surface area contributed by atoms with Gasteiger partial charge in [-0.2, -0.15) is 0 Å². The van der Waals surface area contributed by atoms with Crippen molar-refractivity contribution in [1.82, 2.24) is 14.9 Å². The number of nitrogens with one attached hydrogen (secondary N) is 2. The zero-order valence-electron chi connectivity index (χ0n) is 17.3. The standard InChI is InChI=1S/C21H29ClN4O2S/c1-16(2)25-29(27,28)15-18-11-9-17(10-12-18)13-24-21(23-3)26(4)14-19-7-5-6-8-20(19)22/h5-12,16,25H,13-15H2,1-4H3,(H,23,24). The lowest BCUT2D eigenvalue weighted by Gasteiger charge is -2.22. The summed E-state index contributed by atoms with van der Waals surface area (Å²) in [5.74, 6) is 0.721. The Balaban J connectivity index is 1.93. The van der Waals surface area contributed by atoms with Gasteiger partial charge in [-0.25, -0.2) is 13.1 Å². The topological polar surface area (TPSA) is 73.8 Å². The van der Waals surface area contributed by atoms with E-state index in [0.717, 1.165) is 27.7 Å². The molecule has 158 valence electrons. The number of benzene rings is 2. The fourth-order valence-electron chi connectivity index (χ4n) is 2.90. The molecule has 2 rings (SSSR count). The molecule has 29 heavy (non-hydrogen) atoms. The summed E-state index contributed by atoms with van der Waals surface area (Å²) in [6.07, 6.45) is 0. The molecule has 0 aliphatic carbocycles. The van der Waals surface area contributed by atoms with E-state index in [-0.39, 0.29) is 11.8 Å². The first-order valence-corrected chi connectivity index (χ1v) is 11.5. The van der Waals surface area contributed by atoms with E-state index in [0.29, 0.717) is 13.1 Å². The Morgan fingerprint density at radius 2 is 1.72 bits per heavy atom. The molecule has 0 aromatic heterocycles. The van der Waals surface area contributed by atoms with Crippen LogP contribution >= 0.6 is 11.6 Å². The third-order valence-electron chi connectivity index (χ3n) is 4.18. The van der Waals surface area contributed by atoms with Gasteiger partial charge < -0.3 is 10.2 Å². The molecule has 0 atom stereocenters. The van der Waals surface area contributed by atoms with Gasteiger partial charge in [-0.15, -0.1) is 0 Å². The van der Waals surface area contributed by atoms with E-state index >= 15 is 0 Å². The Labute approximate surface area is 179 Å². The summed E-state index contributed by atoms with van der Waals surface area (Å²) in [7, 11) is 0.367. The Morgan fingerprint density at radius 3 is 2.31 bits per heavy atom. The van der Waals surface area contributed by atoms with Crippen molar-refractivity contribution in [3.8, 4) is 0 Å². The number of aliphatic imine (C=N–C) groups is 1. The monoisotopic (exact) mass is 436 g/mol. The van der Waals surface area contributed by atoms with E-state index in [1.165, 1.54) is 0 Å². The van der Waals surface area contributed by atoms with Gasteiger partial charge in [0, 0.05) is 38.2 Å². The number of halogens is 1. The predicted molar refractivity (Wildman–Crippen MR) is 120 cm³/mol. The Bertz CT molecular complexity index is 928. The molecule has 0 unspecified atom stereocenters. The first-order valence-electron chi connectivity index (χ1n) is 9.43. The maximum atomic E-state index is 12.0. The zero-order chi connectivity index (χ0) is 21.4. The molecule has 0 bridgehead atoms. The molecule has 0 radical (unpaired) electrons. The van der Waals surface area contributed by atoms with Gasteiger partial charge in [0.15, 0.2) is 5.96 Å². The predicted octanol–water partition coefficient (Wildman–Crippen LogP) is 3.38. The van der Waals surface area contributed by atoms with Gasteiger partial charge in [0.25, 0.3) is 0 Å². The zero-order valence-corrected chi connectivity index (χ0v) is 18.9. The van der Waals surface area contributed by atoms with Gasteiger partial charge in [-0.1, -0.05) is 54.1 Å². The molecule has 2 aromatic rings. The van der Waals surface area contributed by atoms with E-state index in [1.807, 2.05) is 74.3 Å². The number of rotatable bonds is 8. The molecule has 0 saturated heterocycles. The lowest BCUT2D eigenvalue weighted by molar-refractivity contribution is 0.476. The van der Waals surface area contributed by atoms with Gasteiger partial charge in [-0.05, 0) is 36.6 Å². The minimum absolute atomic E-state index is 0.0267. The molecular weight excluding hydrogens is 408 g/mol. The van der Waals surface area contributed by atoms with Crippen LogP contribution in [0.1, 0.15) is 30.5 Å². The normalized spacial score (nSPS) is 12.3. The fourth-order valence-corrected chi connectivity index (χ4v) is 4.52. The van der Waals surface area contributed by atoms with Crippen molar-refractivity contribution in [2.75, 3.05) is 14.1 Å². The highest BCUT2D eigenvalue weighted by Gasteiger charge is 2.13. The van der Waals surface area contributed by atoms with Gasteiger partial charge in [-0.3, -0.25) is 4.99 Å². The van der Waals surface area contributed by atoms with Crippen molar-refractivity contribution in [1.29, 1.82) is 0 Å². The molecule has 0 heterocycles. The first kappa shape index (κ1) is 23.2. The van der Waals surface area contributed by atoms with Crippen molar-refractivity contribution in [3.63, 3.8) is 0 Å². The van der Waals surface area contributed by atoms with Crippen LogP contribution in [0.3, 0.4) is 0 Å². The molecule has 0 aliphatic heterocycles. The van der Waals surface area contributed by atoms with Crippen molar-refractivity contribution in [2.45, 2.75) is 38.7 Å². The molecule has 2 aromatic carbocycles. The highest BCUT2D eigenvalue weighted by Crippen LogP contribution is 2.16. The lowest BCUT2D eigenvalue weighted by atomic mass is 10.1. The third-order valence-corrected chi connectivity index (χ3v) is 6.10. The summed E-state index contributed by atoms with van der Waals surface area (Å²) < 4.78 is 26.7. The molecule has 0 saturated carbocycles. The SMILES string of the molecule is CN=C(NCc1ccc(CS(=O)(=O)NC(C)C)cc1)N(C)Cc1ccccc1Cl. The van der Waals surface area contributed by atoms with Crippen LogP contribution in [-0.4, -0.2) is 39.4 Å². The molecule has 0 spiro atoms. The smallest absolute Gasteiger partial charge is 0.216 e. The Kier molecular flexibility index (Phi) is 8.49. The third kappa shape index (κ3) is 7.68. The van der Waals surface area contributed by atoms with Crippen LogP contribution < -0.4 is 10.0 Å². The maximum absolute atomic E-state index is 12.0. The van der Waals surface area contributed by atoms with Gasteiger partial charge in [0.2, 0.25) is 10.0 Å². The van der Waals surface area contributed by atoms with Crippen LogP contribution in [0.25, 0.3) is 0 Å². The quantitative estimate of drug-likeness (QED) is 0.491. The van der Waals surface area contributed by atoms with Crippen molar-refractivity contribution >= 4 is 27.6 Å². The van der Waals surface area contributed by atoms with Gasteiger partial charge in [0.1, 0.15) is 0 Å². The summed E-state index contributed by atoms with van der Waals surface area (Å²) in [6, 6.07) is 15.2. The van der Waals surface area contributed by atoms with Crippen LogP contribution in [-0.2, 0) is 28.9 Å².